The molecule has 0 amide bonds. The molecule has 21 aromatic rings. The predicted molar refractivity (Wildman–Crippen MR) is 458 cm³/mol. The lowest BCUT2D eigenvalue weighted by atomic mass is 10.1. The van der Waals surface area contributed by atoms with Crippen molar-refractivity contribution in [3.63, 3.8) is 0 Å². The number of fused-ring (bicyclic) bond motifs is 18. The minimum absolute atomic E-state index is 0. The van der Waals surface area contributed by atoms with Crippen molar-refractivity contribution in [2.24, 2.45) is 0 Å². The topological polar surface area (TPSA) is 110 Å². The molecule has 0 fully saturated rings. The Labute approximate surface area is 638 Å². The number of anilines is 8. The van der Waals surface area contributed by atoms with Crippen molar-refractivity contribution in [1.29, 1.82) is 0 Å². The SMILES string of the molecule is Brc1ccc2c(c1)oc1nc(Br)ccc12.C.S.S=S=S.c1ccc2cc(N(c3ccc4c(c3)oc3ccccc34)c3ccc4c(c3)oc3nc(N(c5ccc6ccccc6c5)c5ccc6c(c5)oc5ccccc56)ccc34)ccc2c1.c1ccc2cc(Nc3ccc4c(c3)oc3ccccc34)ccc2c1. The average Bonchev–Trinajstić information content (AvgIpc) is 1.58. The molecule has 16 heteroatoms. The molecule has 0 atom stereocenters. The van der Waals surface area contributed by atoms with Crippen molar-refractivity contribution < 1.29 is 22.1 Å². The Bertz CT molecular complexity index is 6630. The molecular weight excluding hydrogens is 1510 g/mol. The first-order valence-corrected chi connectivity index (χ1v) is 37.4. The molecule has 10 nitrogen and oxygen atoms in total. The van der Waals surface area contributed by atoms with Crippen LogP contribution >= 0.6 is 45.4 Å². The van der Waals surface area contributed by atoms with Gasteiger partial charge in [-0.1, -0.05) is 169 Å². The van der Waals surface area contributed by atoms with Crippen LogP contribution < -0.4 is 15.1 Å². The fourth-order valence-electron chi connectivity index (χ4n) is 13.9. The van der Waals surface area contributed by atoms with Crippen LogP contribution in [0.4, 0.5) is 45.6 Å². The van der Waals surface area contributed by atoms with Gasteiger partial charge in [0.15, 0.2) is 0 Å². The van der Waals surface area contributed by atoms with Gasteiger partial charge in [0.05, 0.1) is 5.69 Å². The maximum absolute atomic E-state index is 6.74. The van der Waals surface area contributed by atoms with Crippen LogP contribution in [0.2, 0.25) is 0 Å². The number of hydrogen-bond acceptors (Lipinski definition) is 12. The zero-order chi connectivity index (χ0) is 69.1. The molecule has 14 aromatic carbocycles. The Morgan fingerprint density at radius 1 is 0.286 bits per heavy atom. The van der Waals surface area contributed by atoms with E-state index in [1.807, 2.05) is 78.9 Å². The van der Waals surface area contributed by atoms with Crippen molar-refractivity contribution in [2.75, 3.05) is 15.1 Å². The summed E-state index contributed by atoms with van der Waals surface area (Å²) >= 11 is 15.0. The first kappa shape index (κ1) is 68.0. The number of rotatable bonds is 8. The molecule has 0 bridgehead atoms. The van der Waals surface area contributed by atoms with Crippen LogP contribution in [-0.4, -0.2) is 9.97 Å². The molecule has 0 saturated carbocycles. The van der Waals surface area contributed by atoms with E-state index >= 15 is 0 Å². The van der Waals surface area contributed by atoms with Crippen molar-refractivity contribution in [2.45, 2.75) is 7.43 Å². The van der Waals surface area contributed by atoms with Crippen LogP contribution in [0.3, 0.4) is 0 Å². The minimum atomic E-state index is 0. The number of nitrogens with one attached hydrogen (secondary N) is 1. The number of benzene rings is 14. The average molecular weight is 1570 g/mol. The number of hydrogen-bond donors (Lipinski definition) is 1. The van der Waals surface area contributed by atoms with Gasteiger partial charge in [0, 0.05) is 148 Å². The highest BCUT2D eigenvalue weighted by Gasteiger charge is 2.22. The van der Waals surface area contributed by atoms with Crippen molar-refractivity contribution in [3.8, 4) is 0 Å². The summed E-state index contributed by atoms with van der Waals surface area (Å²) in [6.07, 6.45) is 0. The summed E-state index contributed by atoms with van der Waals surface area (Å²) in [6, 6.07) is 109. The molecule has 0 radical (unpaired) electrons. The summed E-state index contributed by atoms with van der Waals surface area (Å²) in [7, 11) is 0.917. The first-order valence-electron chi connectivity index (χ1n) is 33.2. The molecule has 0 aliphatic heterocycles. The molecule has 0 saturated heterocycles. The minimum Gasteiger partial charge on any atom is -0.456 e. The third-order valence-electron chi connectivity index (χ3n) is 18.7. The largest absolute Gasteiger partial charge is 0.456 e. The number of halogens is 2. The quantitative estimate of drug-likeness (QED) is 0.146. The lowest BCUT2D eigenvalue weighted by Gasteiger charge is -2.25. The van der Waals surface area contributed by atoms with Gasteiger partial charge >= 0.3 is 0 Å². The summed E-state index contributed by atoms with van der Waals surface area (Å²) in [6.45, 7) is 0. The third kappa shape index (κ3) is 13.1. The van der Waals surface area contributed by atoms with Crippen LogP contribution in [0.1, 0.15) is 7.43 Å². The molecule has 7 heterocycles. The molecular formula is C89H59Br2N5O5S4. The molecule has 1 N–H and O–H groups in total. The maximum atomic E-state index is 6.74. The van der Waals surface area contributed by atoms with Crippen LogP contribution in [0.15, 0.2) is 347 Å². The standard InChI is InChI=1S/C55H33N3O3.C22H15NO.C11H5Br2NO.CH4.S3.H2S/c1-3-11-36-29-38(19-17-34(36)9-1)57(40-21-24-45-43-13-5-7-15-49(43)59-51(45)31-40)41-22-26-47-48-27-28-54(56-55(48)61-53(47)32-41)58(39-20-18-35-10-2-4-12-37(35)30-39)42-23-25-46-44-14-6-8-16-50(44)60-52(46)33-42;1-2-6-16-13-17(10-9-15(16)5-1)23-18-11-12-20-19-7-3-4-8-21(19)24-22(20)14-18;12-6-1-2-7-8-3-4-10(13)14-11(8)15-9(7)5-6;;1-3-2;/h1-33H;1-14,23H;1-5H;1H4;;1H2. The van der Waals surface area contributed by atoms with Crippen LogP contribution in [0.5, 0.6) is 0 Å². The van der Waals surface area contributed by atoms with E-state index in [0.29, 0.717) is 11.4 Å². The maximum Gasteiger partial charge on any atom is 0.229 e. The van der Waals surface area contributed by atoms with Crippen LogP contribution in [0.25, 0.3) is 142 Å². The zero-order valence-corrected chi connectivity index (χ0v) is 61.5. The lowest BCUT2D eigenvalue weighted by molar-refractivity contribution is 0.652. The van der Waals surface area contributed by atoms with E-state index < -0.39 is 0 Å². The van der Waals surface area contributed by atoms with E-state index in [2.05, 4.69) is 311 Å². The highest BCUT2D eigenvalue weighted by molar-refractivity contribution is 9.10. The third-order valence-corrected chi connectivity index (χ3v) is 19.6. The Hall–Kier alpha value is -11.5. The van der Waals surface area contributed by atoms with E-state index in [0.717, 1.165) is 173 Å². The molecule has 0 spiro atoms. The Morgan fingerprint density at radius 3 is 1.15 bits per heavy atom. The summed E-state index contributed by atoms with van der Waals surface area (Å²) in [4.78, 5) is 14.0. The van der Waals surface area contributed by atoms with E-state index in [4.69, 9.17) is 27.1 Å². The highest BCUT2D eigenvalue weighted by Crippen LogP contribution is 2.45. The molecule has 0 aliphatic carbocycles. The predicted octanol–water partition coefficient (Wildman–Crippen LogP) is 27.8. The van der Waals surface area contributed by atoms with Crippen molar-refractivity contribution in [1.82, 2.24) is 9.97 Å². The van der Waals surface area contributed by atoms with Crippen molar-refractivity contribution in [3.05, 3.63) is 325 Å². The lowest BCUT2D eigenvalue weighted by Crippen LogP contribution is -2.11. The van der Waals surface area contributed by atoms with Gasteiger partial charge in [-0.15, -0.1) is 0 Å². The Morgan fingerprint density at radius 2 is 0.619 bits per heavy atom. The Kier molecular flexibility index (Phi) is 18.8. The second kappa shape index (κ2) is 29.0. The number of furan rings is 5. The van der Waals surface area contributed by atoms with Gasteiger partial charge in [-0.3, -0.25) is 4.90 Å². The zero-order valence-electron chi connectivity index (χ0n) is 54.8. The van der Waals surface area contributed by atoms with Gasteiger partial charge in [0.1, 0.15) is 55.1 Å². The second-order valence-corrected chi connectivity index (χ2v) is 28.4. The van der Waals surface area contributed by atoms with Crippen LogP contribution in [-0.2, 0) is 31.3 Å². The molecule has 0 aliphatic rings. The van der Waals surface area contributed by atoms with Gasteiger partial charge < -0.3 is 32.3 Å². The Balaban J connectivity index is 0.000000156. The molecule has 21 rings (SSSR count). The fraction of sp³-hybridized carbons (Fsp3) is 0.0112. The normalized spacial score (nSPS) is 11.3. The summed E-state index contributed by atoms with van der Waals surface area (Å²) < 4.78 is 32.9. The van der Waals surface area contributed by atoms with Gasteiger partial charge in [0.25, 0.3) is 0 Å². The number of nitrogens with zero attached hydrogens (tertiary/aromatic N) is 4. The smallest absolute Gasteiger partial charge is 0.229 e. The van der Waals surface area contributed by atoms with Gasteiger partial charge in [0.2, 0.25) is 11.4 Å². The first-order chi connectivity index (χ1) is 50.7. The van der Waals surface area contributed by atoms with Gasteiger partial charge in [-0.2, -0.15) is 18.5 Å². The van der Waals surface area contributed by atoms with Crippen LogP contribution in [0, 0.1) is 0 Å². The van der Waals surface area contributed by atoms with E-state index in [1.165, 1.54) is 21.5 Å². The number of pyridine rings is 2. The molecule has 7 aromatic heterocycles. The van der Waals surface area contributed by atoms with Gasteiger partial charge in [-0.25, -0.2) is 4.98 Å². The van der Waals surface area contributed by atoms with Gasteiger partial charge in [-0.05, 0) is 194 Å². The molecule has 0 unspecified atom stereocenters. The van der Waals surface area contributed by atoms with E-state index in [-0.39, 0.29) is 20.9 Å². The van der Waals surface area contributed by atoms with E-state index in [9.17, 15) is 0 Å². The number of para-hydroxylation sites is 3. The van der Waals surface area contributed by atoms with E-state index in [1.54, 1.807) is 0 Å². The second-order valence-electron chi connectivity index (χ2n) is 24.9. The molecule has 508 valence electrons. The number of aromatic nitrogens is 2. The fourth-order valence-corrected chi connectivity index (χ4v) is 14.6. The summed E-state index contributed by atoms with van der Waals surface area (Å²) in [5.41, 5.74) is 15.0. The van der Waals surface area contributed by atoms with Crippen molar-refractivity contribution >= 4 is 265 Å². The highest BCUT2D eigenvalue weighted by atomic mass is 79.9. The summed E-state index contributed by atoms with van der Waals surface area (Å²) in [5.74, 6) is 0.731. The summed E-state index contributed by atoms with van der Waals surface area (Å²) in [5, 5.41) is 21.3. The monoisotopic (exact) mass is 1560 g/mol. The molecule has 105 heavy (non-hydrogen) atoms.